The first kappa shape index (κ1) is 17.0. The molecular formula is C17H36N2. The van der Waals surface area contributed by atoms with Crippen molar-refractivity contribution in [3.63, 3.8) is 0 Å². The summed E-state index contributed by atoms with van der Waals surface area (Å²) in [5.74, 6) is 0. The summed E-state index contributed by atoms with van der Waals surface area (Å²) in [7, 11) is 2.31. The van der Waals surface area contributed by atoms with Crippen LogP contribution in [0.2, 0.25) is 0 Å². The molecule has 1 rings (SSSR count). The van der Waals surface area contributed by atoms with E-state index in [1.54, 1.807) is 0 Å². The molecule has 1 saturated carbocycles. The molecule has 0 spiro atoms. The molecule has 0 bridgehead atoms. The third kappa shape index (κ3) is 5.07. The normalized spacial score (nSPS) is 20.2. The van der Waals surface area contributed by atoms with Crippen molar-refractivity contribution in [3.05, 3.63) is 0 Å². The summed E-state index contributed by atoms with van der Waals surface area (Å²) in [6.45, 7) is 16.3. The second-order valence-corrected chi connectivity index (χ2v) is 8.33. The predicted octanol–water partition coefficient (Wildman–Crippen LogP) is 4.06. The van der Waals surface area contributed by atoms with Crippen LogP contribution in [0.1, 0.15) is 73.6 Å². The van der Waals surface area contributed by atoms with Crippen LogP contribution in [0.3, 0.4) is 0 Å². The zero-order valence-electron chi connectivity index (χ0n) is 14.4. The van der Waals surface area contributed by atoms with Crippen molar-refractivity contribution in [2.45, 2.75) is 84.7 Å². The van der Waals surface area contributed by atoms with E-state index >= 15 is 0 Å². The van der Waals surface area contributed by atoms with E-state index < -0.39 is 0 Å². The topological polar surface area (TPSA) is 15.3 Å². The van der Waals surface area contributed by atoms with Crippen molar-refractivity contribution < 1.29 is 0 Å². The van der Waals surface area contributed by atoms with Gasteiger partial charge in [-0.1, -0.05) is 19.8 Å². The van der Waals surface area contributed by atoms with E-state index in [0.29, 0.717) is 11.0 Å². The van der Waals surface area contributed by atoms with Gasteiger partial charge in [0.05, 0.1) is 0 Å². The van der Waals surface area contributed by atoms with Crippen LogP contribution in [0.5, 0.6) is 0 Å². The molecule has 2 heteroatoms. The van der Waals surface area contributed by atoms with Gasteiger partial charge in [0.15, 0.2) is 0 Å². The van der Waals surface area contributed by atoms with Crippen LogP contribution >= 0.6 is 0 Å². The Morgan fingerprint density at radius 2 is 1.58 bits per heavy atom. The first-order valence-electron chi connectivity index (χ1n) is 8.07. The van der Waals surface area contributed by atoms with Crippen LogP contribution in [0.25, 0.3) is 0 Å². The van der Waals surface area contributed by atoms with Gasteiger partial charge in [0.25, 0.3) is 0 Å². The molecule has 0 unspecified atom stereocenters. The molecule has 0 aliphatic heterocycles. The third-order valence-electron chi connectivity index (χ3n) is 5.13. The Hall–Kier alpha value is -0.0800. The Bertz CT molecular complexity index is 269. The minimum absolute atomic E-state index is 0.231. The maximum atomic E-state index is 3.75. The Kier molecular flexibility index (Phi) is 5.48. The molecule has 0 aromatic carbocycles. The van der Waals surface area contributed by atoms with Crippen molar-refractivity contribution in [2.24, 2.45) is 5.41 Å². The van der Waals surface area contributed by atoms with Gasteiger partial charge < -0.3 is 10.2 Å². The Morgan fingerprint density at radius 3 is 2.00 bits per heavy atom. The standard InChI is InChI=1S/C17H36N2/c1-8-16(5,6)19(7)14-17(11-9-10-12-17)13-18-15(2,3)4/h18H,8-14H2,1-7H3. The van der Waals surface area contributed by atoms with Crippen LogP contribution < -0.4 is 5.32 Å². The molecule has 0 aromatic heterocycles. The molecule has 1 fully saturated rings. The van der Waals surface area contributed by atoms with Gasteiger partial charge in [-0.15, -0.1) is 0 Å². The second kappa shape index (κ2) is 6.13. The molecule has 1 aliphatic rings. The van der Waals surface area contributed by atoms with Crippen LogP contribution in [0.15, 0.2) is 0 Å². The lowest BCUT2D eigenvalue weighted by Gasteiger charge is -2.42. The number of hydrogen-bond acceptors (Lipinski definition) is 2. The van der Waals surface area contributed by atoms with E-state index in [0.717, 1.165) is 0 Å². The van der Waals surface area contributed by atoms with E-state index in [2.05, 4.69) is 58.8 Å². The van der Waals surface area contributed by atoms with E-state index in [-0.39, 0.29) is 5.54 Å². The highest BCUT2D eigenvalue weighted by Crippen LogP contribution is 2.39. The van der Waals surface area contributed by atoms with E-state index in [1.807, 2.05) is 0 Å². The average Bonchev–Trinajstić information content (AvgIpc) is 2.75. The fourth-order valence-corrected chi connectivity index (χ4v) is 2.96. The van der Waals surface area contributed by atoms with Gasteiger partial charge in [0.2, 0.25) is 0 Å². The zero-order valence-corrected chi connectivity index (χ0v) is 14.4. The molecule has 0 atom stereocenters. The molecule has 19 heavy (non-hydrogen) atoms. The molecule has 0 radical (unpaired) electrons. The Labute approximate surface area is 121 Å². The molecule has 0 saturated heterocycles. The summed E-state index contributed by atoms with van der Waals surface area (Å²) in [5, 5.41) is 3.75. The molecule has 0 heterocycles. The first-order valence-corrected chi connectivity index (χ1v) is 8.07. The molecular weight excluding hydrogens is 232 g/mol. The Balaban J connectivity index is 2.67. The third-order valence-corrected chi connectivity index (χ3v) is 5.13. The van der Waals surface area contributed by atoms with Crippen LogP contribution in [0, 0.1) is 5.41 Å². The molecule has 2 nitrogen and oxygen atoms in total. The Morgan fingerprint density at radius 1 is 1.05 bits per heavy atom. The van der Waals surface area contributed by atoms with Gasteiger partial charge in [0, 0.05) is 24.2 Å². The first-order chi connectivity index (χ1) is 8.60. The summed E-state index contributed by atoms with van der Waals surface area (Å²) < 4.78 is 0. The lowest BCUT2D eigenvalue weighted by atomic mass is 9.83. The van der Waals surface area contributed by atoms with Crippen molar-refractivity contribution in [1.82, 2.24) is 10.2 Å². The summed E-state index contributed by atoms with van der Waals surface area (Å²) in [6.07, 6.45) is 6.81. The maximum absolute atomic E-state index is 3.75. The molecule has 114 valence electrons. The van der Waals surface area contributed by atoms with Crippen molar-refractivity contribution in [2.75, 3.05) is 20.1 Å². The van der Waals surface area contributed by atoms with E-state index in [4.69, 9.17) is 0 Å². The van der Waals surface area contributed by atoms with Crippen LogP contribution in [-0.4, -0.2) is 36.1 Å². The van der Waals surface area contributed by atoms with Crippen molar-refractivity contribution in [1.29, 1.82) is 0 Å². The maximum Gasteiger partial charge on any atom is 0.0147 e. The largest absolute Gasteiger partial charge is 0.311 e. The molecule has 1 N–H and O–H groups in total. The smallest absolute Gasteiger partial charge is 0.0147 e. The molecule has 0 amide bonds. The highest BCUT2D eigenvalue weighted by Gasteiger charge is 2.37. The van der Waals surface area contributed by atoms with Gasteiger partial charge in [-0.3, -0.25) is 0 Å². The SMILES string of the molecule is CCC(C)(C)N(C)CC1(CNC(C)(C)C)CCCC1. The van der Waals surface area contributed by atoms with Crippen molar-refractivity contribution in [3.8, 4) is 0 Å². The number of nitrogens with zero attached hydrogens (tertiary/aromatic N) is 1. The second-order valence-electron chi connectivity index (χ2n) is 8.33. The van der Waals surface area contributed by atoms with Gasteiger partial charge in [-0.05, 0) is 66.3 Å². The van der Waals surface area contributed by atoms with Gasteiger partial charge in [-0.25, -0.2) is 0 Å². The summed E-state index contributed by atoms with van der Waals surface area (Å²) in [6, 6.07) is 0. The number of rotatable bonds is 6. The van der Waals surface area contributed by atoms with Crippen molar-refractivity contribution >= 4 is 0 Å². The summed E-state index contributed by atoms with van der Waals surface area (Å²) >= 11 is 0. The summed E-state index contributed by atoms with van der Waals surface area (Å²) in [4.78, 5) is 2.59. The van der Waals surface area contributed by atoms with E-state index in [1.165, 1.54) is 45.2 Å². The molecule has 0 aromatic rings. The van der Waals surface area contributed by atoms with Crippen LogP contribution in [0.4, 0.5) is 0 Å². The number of nitrogens with one attached hydrogen (secondary N) is 1. The quantitative estimate of drug-likeness (QED) is 0.781. The fourth-order valence-electron chi connectivity index (χ4n) is 2.96. The fraction of sp³-hybridized carbons (Fsp3) is 1.00. The molecule has 1 aliphatic carbocycles. The van der Waals surface area contributed by atoms with Gasteiger partial charge >= 0.3 is 0 Å². The van der Waals surface area contributed by atoms with E-state index in [9.17, 15) is 0 Å². The minimum Gasteiger partial charge on any atom is -0.311 e. The number of hydrogen-bond donors (Lipinski definition) is 1. The van der Waals surface area contributed by atoms with Gasteiger partial charge in [-0.2, -0.15) is 0 Å². The zero-order chi connectivity index (χ0) is 14.7. The lowest BCUT2D eigenvalue weighted by molar-refractivity contribution is 0.0792. The summed E-state index contributed by atoms with van der Waals surface area (Å²) in [5.41, 5.74) is 1.04. The average molecular weight is 268 g/mol. The predicted molar refractivity (Wildman–Crippen MR) is 85.7 cm³/mol. The van der Waals surface area contributed by atoms with Crippen LogP contribution in [-0.2, 0) is 0 Å². The minimum atomic E-state index is 0.231. The highest BCUT2D eigenvalue weighted by atomic mass is 15.2. The highest BCUT2D eigenvalue weighted by molar-refractivity contribution is 4.93. The monoisotopic (exact) mass is 268 g/mol. The lowest BCUT2D eigenvalue weighted by Crippen LogP contribution is -2.51. The van der Waals surface area contributed by atoms with Gasteiger partial charge in [0.1, 0.15) is 0 Å².